The summed E-state index contributed by atoms with van der Waals surface area (Å²) in [6.45, 7) is 1.49. The van der Waals surface area contributed by atoms with Crippen LogP contribution in [0.2, 0.25) is 0 Å². The van der Waals surface area contributed by atoms with Crippen molar-refractivity contribution in [2.75, 3.05) is 19.8 Å². The minimum atomic E-state index is -0.603. The van der Waals surface area contributed by atoms with Gasteiger partial charge >= 0.3 is 0 Å². The highest BCUT2D eigenvalue weighted by atomic mass is 16.7. The summed E-state index contributed by atoms with van der Waals surface area (Å²) >= 11 is 0. The van der Waals surface area contributed by atoms with E-state index in [0.29, 0.717) is 35.5 Å². The second-order valence-electron chi connectivity index (χ2n) is 7.77. The van der Waals surface area contributed by atoms with Gasteiger partial charge in [0.2, 0.25) is 0 Å². The molecule has 2 heterocycles. The second kappa shape index (κ2) is 10.6. The average Bonchev–Trinajstić information content (AvgIpc) is 2.81. The summed E-state index contributed by atoms with van der Waals surface area (Å²) in [5.74, 6) is 1.06. The number of aliphatic hydroxyl groups excluding tert-OH is 1. The molecule has 1 N–H and O–H groups in total. The molecule has 1 aromatic heterocycles. The molecule has 6 nitrogen and oxygen atoms in total. The summed E-state index contributed by atoms with van der Waals surface area (Å²) in [7, 11) is 0. The molecule has 1 fully saturated rings. The predicted molar refractivity (Wildman–Crippen MR) is 118 cm³/mol. The molecule has 0 aliphatic carbocycles. The van der Waals surface area contributed by atoms with E-state index >= 15 is 0 Å². The molecule has 1 saturated heterocycles. The molecule has 0 bridgehead atoms. The van der Waals surface area contributed by atoms with Crippen molar-refractivity contribution in [3.05, 3.63) is 64.8 Å². The first kappa shape index (κ1) is 21.6. The fourth-order valence-electron chi connectivity index (χ4n) is 3.62. The van der Waals surface area contributed by atoms with Gasteiger partial charge in [0, 0.05) is 30.9 Å². The van der Waals surface area contributed by atoms with E-state index in [-0.39, 0.29) is 18.3 Å². The van der Waals surface area contributed by atoms with Crippen LogP contribution in [0.1, 0.15) is 32.1 Å². The smallest absolute Gasteiger partial charge is 0.193 e. The zero-order chi connectivity index (χ0) is 21.5. The molecule has 1 aliphatic rings. The van der Waals surface area contributed by atoms with Crippen LogP contribution in [0, 0.1) is 0 Å². The Bertz CT molecular complexity index is 1020. The molecule has 3 aromatic rings. The molecule has 6 heteroatoms. The molecular formula is C25H28O6. The topological polar surface area (TPSA) is 78.1 Å². The first-order valence-corrected chi connectivity index (χ1v) is 10.9. The van der Waals surface area contributed by atoms with E-state index in [1.807, 2.05) is 30.3 Å². The van der Waals surface area contributed by atoms with Crippen molar-refractivity contribution < 1.29 is 23.7 Å². The van der Waals surface area contributed by atoms with Crippen LogP contribution >= 0.6 is 0 Å². The molecule has 0 amide bonds. The third-order valence-electron chi connectivity index (χ3n) is 5.32. The molecule has 31 heavy (non-hydrogen) atoms. The lowest BCUT2D eigenvalue weighted by atomic mass is 10.1. The molecule has 0 spiro atoms. The van der Waals surface area contributed by atoms with Gasteiger partial charge in [-0.3, -0.25) is 4.79 Å². The van der Waals surface area contributed by atoms with Gasteiger partial charge < -0.3 is 23.7 Å². The Balaban J connectivity index is 1.31. The minimum Gasteiger partial charge on any atom is -0.491 e. The van der Waals surface area contributed by atoms with Crippen molar-refractivity contribution in [3.63, 3.8) is 0 Å². The summed E-state index contributed by atoms with van der Waals surface area (Å²) in [5, 5.41) is 10.7. The van der Waals surface area contributed by atoms with Crippen molar-refractivity contribution in [1.29, 1.82) is 0 Å². The highest BCUT2D eigenvalue weighted by Crippen LogP contribution is 2.25. The third-order valence-corrected chi connectivity index (χ3v) is 5.32. The van der Waals surface area contributed by atoms with E-state index in [2.05, 4.69) is 0 Å². The predicted octanol–water partition coefficient (Wildman–Crippen LogP) is 4.52. The van der Waals surface area contributed by atoms with Crippen LogP contribution in [0.5, 0.6) is 5.75 Å². The van der Waals surface area contributed by atoms with Crippen molar-refractivity contribution in [3.8, 4) is 17.1 Å². The molecule has 2 unspecified atom stereocenters. The summed E-state index contributed by atoms with van der Waals surface area (Å²) < 4.78 is 22.9. The summed E-state index contributed by atoms with van der Waals surface area (Å²) in [5.41, 5.74) is 1.19. The largest absolute Gasteiger partial charge is 0.491 e. The molecular weight excluding hydrogens is 396 g/mol. The Morgan fingerprint density at radius 2 is 1.97 bits per heavy atom. The van der Waals surface area contributed by atoms with Crippen molar-refractivity contribution >= 4 is 11.0 Å². The van der Waals surface area contributed by atoms with Gasteiger partial charge in [-0.25, -0.2) is 0 Å². The van der Waals surface area contributed by atoms with E-state index in [1.54, 1.807) is 18.2 Å². The average molecular weight is 424 g/mol. The number of ether oxygens (including phenoxy) is 3. The Kier molecular flexibility index (Phi) is 7.35. The number of hydrogen-bond acceptors (Lipinski definition) is 6. The van der Waals surface area contributed by atoms with Gasteiger partial charge in [0.1, 0.15) is 23.7 Å². The van der Waals surface area contributed by atoms with E-state index in [4.69, 9.17) is 18.6 Å². The Morgan fingerprint density at radius 3 is 2.77 bits per heavy atom. The molecule has 164 valence electrons. The molecule has 4 rings (SSSR count). The van der Waals surface area contributed by atoms with Crippen molar-refractivity contribution in [1.82, 2.24) is 0 Å². The quantitative estimate of drug-likeness (QED) is 0.509. The van der Waals surface area contributed by atoms with E-state index < -0.39 is 6.10 Å². The zero-order valence-electron chi connectivity index (χ0n) is 17.5. The maximum Gasteiger partial charge on any atom is 0.193 e. The number of aliphatic hydroxyl groups is 1. The lowest BCUT2D eigenvalue weighted by Gasteiger charge is -2.22. The number of hydrogen-bond donors (Lipinski definition) is 1. The molecule has 2 aromatic carbocycles. The van der Waals surface area contributed by atoms with Crippen molar-refractivity contribution in [2.45, 2.75) is 44.5 Å². The van der Waals surface area contributed by atoms with E-state index in [1.165, 1.54) is 6.07 Å². The standard InChI is InChI=1S/C25H28O6/c26-19(9-6-14-29-25-10-4-5-13-28-25)17-30-20-11-12-21-22(27)16-23(31-24(21)15-20)18-7-2-1-3-8-18/h1-3,7-8,11-12,15-16,19,25-26H,4-6,9-10,13-14,17H2. The highest BCUT2D eigenvalue weighted by molar-refractivity contribution is 5.80. The molecule has 0 radical (unpaired) electrons. The third kappa shape index (κ3) is 5.94. The fraction of sp³-hybridized carbons (Fsp3) is 0.400. The summed E-state index contributed by atoms with van der Waals surface area (Å²) in [6, 6.07) is 16.1. The van der Waals surface area contributed by atoms with Crippen LogP contribution in [-0.4, -0.2) is 37.3 Å². The van der Waals surface area contributed by atoms with E-state index in [0.717, 1.165) is 37.9 Å². The second-order valence-corrected chi connectivity index (χ2v) is 7.77. The van der Waals surface area contributed by atoms with Gasteiger partial charge in [0.15, 0.2) is 11.7 Å². The van der Waals surface area contributed by atoms with Crippen LogP contribution in [0.3, 0.4) is 0 Å². The summed E-state index contributed by atoms with van der Waals surface area (Å²) in [6.07, 6.45) is 3.78. The number of benzene rings is 2. The summed E-state index contributed by atoms with van der Waals surface area (Å²) in [4.78, 5) is 12.4. The molecule has 2 atom stereocenters. The maximum absolute atomic E-state index is 12.4. The number of rotatable bonds is 9. The van der Waals surface area contributed by atoms with Crippen molar-refractivity contribution in [2.24, 2.45) is 0 Å². The Labute approximate surface area is 181 Å². The fourth-order valence-corrected chi connectivity index (χ4v) is 3.62. The Morgan fingerprint density at radius 1 is 1.10 bits per heavy atom. The van der Waals surface area contributed by atoms with E-state index in [9.17, 15) is 9.90 Å². The lowest BCUT2D eigenvalue weighted by molar-refractivity contribution is -0.163. The first-order chi connectivity index (χ1) is 15.2. The monoisotopic (exact) mass is 424 g/mol. The van der Waals surface area contributed by atoms with Crippen LogP contribution in [0.4, 0.5) is 0 Å². The van der Waals surface area contributed by atoms with Gasteiger partial charge in [0.05, 0.1) is 11.5 Å². The van der Waals surface area contributed by atoms with Gasteiger partial charge in [0.25, 0.3) is 0 Å². The van der Waals surface area contributed by atoms with Gasteiger partial charge in [-0.05, 0) is 44.2 Å². The molecule has 1 aliphatic heterocycles. The number of fused-ring (bicyclic) bond motifs is 1. The minimum absolute atomic E-state index is 0.102. The van der Waals surface area contributed by atoms with Crippen LogP contribution < -0.4 is 10.2 Å². The maximum atomic E-state index is 12.4. The van der Waals surface area contributed by atoms with Gasteiger partial charge in [-0.15, -0.1) is 0 Å². The van der Waals surface area contributed by atoms with Crippen LogP contribution in [0.25, 0.3) is 22.3 Å². The van der Waals surface area contributed by atoms with Gasteiger partial charge in [-0.2, -0.15) is 0 Å². The normalized spacial score (nSPS) is 17.5. The Hall–Kier alpha value is -2.67. The lowest BCUT2D eigenvalue weighted by Crippen LogP contribution is -2.23. The highest BCUT2D eigenvalue weighted by Gasteiger charge is 2.14. The SMILES string of the molecule is O=c1cc(-c2ccccc2)oc2cc(OCC(O)CCCOC3CCCCO3)ccc12. The van der Waals surface area contributed by atoms with Gasteiger partial charge in [-0.1, -0.05) is 30.3 Å². The van der Waals surface area contributed by atoms with Crippen LogP contribution in [-0.2, 0) is 9.47 Å². The zero-order valence-corrected chi connectivity index (χ0v) is 17.5. The van der Waals surface area contributed by atoms with Crippen LogP contribution in [0.15, 0.2) is 63.8 Å². The first-order valence-electron chi connectivity index (χ1n) is 10.9. The molecule has 0 saturated carbocycles.